The fourth-order valence-electron chi connectivity index (χ4n) is 2.86. The van der Waals surface area contributed by atoms with Crippen LogP contribution in [-0.2, 0) is 24.1 Å². The van der Waals surface area contributed by atoms with Crippen molar-refractivity contribution in [1.29, 1.82) is 0 Å². The molecule has 10 heteroatoms. The molecule has 1 aliphatic rings. The largest absolute Gasteiger partial charge is 0.436 e. The molecular weight excluding hydrogens is 395 g/mol. The molecule has 1 saturated carbocycles. The van der Waals surface area contributed by atoms with Gasteiger partial charge in [0.25, 0.3) is 0 Å². The van der Waals surface area contributed by atoms with Crippen LogP contribution in [0.5, 0.6) is 0 Å². The third-order valence-corrected chi connectivity index (χ3v) is 4.79. The van der Waals surface area contributed by atoms with Crippen LogP contribution in [0.3, 0.4) is 0 Å². The maximum atomic E-state index is 13.0. The van der Waals surface area contributed by atoms with Crippen molar-refractivity contribution in [2.75, 3.05) is 6.54 Å². The van der Waals surface area contributed by atoms with Gasteiger partial charge >= 0.3 is 6.18 Å². The van der Waals surface area contributed by atoms with E-state index in [2.05, 4.69) is 15.5 Å². The number of aromatic nitrogens is 4. The molecule has 1 aliphatic carbocycles. The van der Waals surface area contributed by atoms with E-state index in [1.165, 1.54) is 10.8 Å². The summed E-state index contributed by atoms with van der Waals surface area (Å²) >= 11 is 5.94. The minimum atomic E-state index is -4.57. The highest BCUT2D eigenvalue weighted by Crippen LogP contribution is 2.46. The third kappa shape index (κ3) is 4.95. The Bertz CT molecular complexity index is 867. The summed E-state index contributed by atoms with van der Waals surface area (Å²) < 4.78 is 42.2. The molecule has 152 valence electrons. The van der Waals surface area contributed by atoms with Crippen LogP contribution >= 0.6 is 11.6 Å². The van der Waals surface area contributed by atoms with Gasteiger partial charge in [0.2, 0.25) is 5.91 Å². The molecule has 6 nitrogen and oxygen atoms in total. The van der Waals surface area contributed by atoms with E-state index in [9.17, 15) is 18.0 Å². The van der Waals surface area contributed by atoms with Gasteiger partial charge in [-0.15, -0.1) is 0 Å². The van der Waals surface area contributed by atoms with Crippen LogP contribution in [0, 0.1) is 0 Å². The zero-order chi connectivity index (χ0) is 20.3. The number of rotatable bonds is 8. The monoisotopic (exact) mass is 415 g/mol. The average molecular weight is 416 g/mol. The van der Waals surface area contributed by atoms with Gasteiger partial charge in [-0.25, -0.2) is 0 Å². The van der Waals surface area contributed by atoms with Crippen LogP contribution < -0.4 is 5.32 Å². The molecule has 2 heterocycles. The molecule has 0 saturated heterocycles. The molecule has 3 rings (SSSR count). The third-order valence-electron chi connectivity index (χ3n) is 4.41. The Labute approximate surface area is 165 Å². The normalized spacial score (nSPS) is 14.8. The predicted octanol–water partition coefficient (Wildman–Crippen LogP) is 3.87. The summed E-state index contributed by atoms with van der Waals surface area (Å²) in [5.74, 6) is -0.237. The molecule has 2 aromatic heterocycles. The van der Waals surface area contributed by atoms with Crippen molar-refractivity contribution in [3.63, 3.8) is 0 Å². The van der Waals surface area contributed by atoms with Crippen LogP contribution in [0.25, 0.3) is 6.08 Å². The van der Waals surface area contributed by atoms with Gasteiger partial charge in [-0.3, -0.25) is 14.2 Å². The first-order valence-corrected chi connectivity index (χ1v) is 9.49. The lowest BCUT2D eigenvalue weighted by Gasteiger charge is -2.07. The van der Waals surface area contributed by atoms with E-state index in [1.54, 1.807) is 17.0 Å². The van der Waals surface area contributed by atoms with Gasteiger partial charge in [0.05, 0.1) is 16.9 Å². The smallest absolute Gasteiger partial charge is 0.352 e. The first-order chi connectivity index (χ1) is 13.3. The summed E-state index contributed by atoms with van der Waals surface area (Å²) in [5.41, 5.74) is 0.237. The standard InChI is InChI=1S/C18H21ClF3N5O/c1-2-26-11-12(10-24-26)4-7-14(28)23-8-3-9-27-16(13-5-6-13)15(19)17(25-27)18(20,21)22/h4,7,10-11,13H,2-3,5-6,8-9H2,1H3,(H,23,28)/b7-4+. The van der Waals surface area contributed by atoms with Crippen LogP contribution in [0.15, 0.2) is 18.5 Å². The van der Waals surface area contributed by atoms with E-state index in [1.807, 2.05) is 13.1 Å². The second-order valence-corrected chi connectivity index (χ2v) is 7.03. The molecular formula is C18H21ClF3N5O. The van der Waals surface area contributed by atoms with Gasteiger partial charge in [0.1, 0.15) is 0 Å². The maximum absolute atomic E-state index is 13.0. The van der Waals surface area contributed by atoms with Crippen LogP contribution in [0.1, 0.15) is 49.1 Å². The predicted molar refractivity (Wildman–Crippen MR) is 98.8 cm³/mol. The van der Waals surface area contributed by atoms with Gasteiger partial charge in [-0.1, -0.05) is 11.6 Å². The van der Waals surface area contributed by atoms with Gasteiger partial charge in [-0.05, 0) is 32.3 Å². The van der Waals surface area contributed by atoms with E-state index in [-0.39, 0.29) is 23.4 Å². The molecule has 0 spiro atoms. The second kappa shape index (κ2) is 8.38. The minimum absolute atomic E-state index is 0.0395. The topological polar surface area (TPSA) is 64.7 Å². The lowest BCUT2D eigenvalue weighted by atomic mass is 10.2. The van der Waals surface area contributed by atoms with E-state index in [0.29, 0.717) is 18.7 Å². The van der Waals surface area contributed by atoms with Gasteiger partial charge in [0, 0.05) is 43.4 Å². The Hall–Kier alpha value is -2.29. The number of alkyl halides is 3. The number of halogens is 4. The molecule has 0 bridgehead atoms. The summed E-state index contributed by atoms with van der Waals surface area (Å²) in [7, 11) is 0. The van der Waals surface area contributed by atoms with Gasteiger partial charge < -0.3 is 5.32 Å². The molecule has 0 atom stereocenters. The van der Waals surface area contributed by atoms with Crippen molar-refractivity contribution >= 4 is 23.6 Å². The molecule has 1 N–H and O–H groups in total. The Balaban J connectivity index is 1.51. The number of carbonyl (C=O) groups excluding carboxylic acids is 1. The average Bonchev–Trinajstić information content (AvgIpc) is 3.25. The van der Waals surface area contributed by atoms with Gasteiger partial charge in [0.15, 0.2) is 5.69 Å². The highest BCUT2D eigenvalue weighted by Gasteiger charge is 2.41. The zero-order valence-electron chi connectivity index (χ0n) is 15.3. The summed E-state index contributed by atoms with van der Waals surface area (Å²) in [6.45, 7) is 3.29. The molecule has 28 heavy (non-hydrogen) atoms. The van der Waals surface area contributed by atoms with Crippen molar-refractivity contribution in [1.82, 2.24) is 24.9 Å². The molecule has 0 radical (unpaired) electrons. The summed E-state index contributed by atoms with van der Waals surface area (Å²) in [6.07, 6.45) is 4.05. The molecule has 0 unspecified atom stereocenters. The van der Waals surface area contributed by atoms with E-state index in [0.717, 1.165) is 24.9 Å². The van der Waals surface area contributed by atoms with Crippen molar-refractivity contribution < 1.29 is 18.0 Å². The fraction of sp³-hybridized carbons (Fsp3) is 0.500. The molecule has 1 fully saturated rings. The fourth-order valence-corrected chi connectivity index (χ4v) is 3.26. The molecule has 2 aromatic rings. The number of hydrogen-bond acceptors (Lipinski definition) is 3. The summed E-state index contributed by atoms with van der Waals surface area (Å²) in [6, 6.07) is 0. The first-order valence-electron chi connectivity index (χ1n) is 9.11. The van der Waals surface area contributed by atoms with Gasteiger partial charge in [-0.2, -0.15) is 23.4 Å². The second-order valence-electron chi connectivity index (χ2n) is 6.65. The van der Waals surface area contributed by atoms with E-state index < -0.39 is 11.9 Å². The zero-order valence-corrected chi connectivity index (χ0v) is 16.1. The van der Waals surface area contributed by atoms with Crippen molar-refractivity contribution in [2.24, 2.45) is 0 Å². The molecule has 1 amide bonds. The summed E-state index contributed by atoms with van der Waals surface area (Å²) in [5, 5.41) is 10.2. The Morgan fingerprint density at radius 3 is 2.79 bits per heavy atom. The number of aryl methyl sites for hydroxylation is 2. The van der Waals surface area contributed by atoms with E-state index in [4.69, 9.17) is 11.6 Å². The van der Waals surface area contributed by atoms with Crippen LogP contribution in [0.4, 0.5) is 13.2 Å². The Morgan fingerprint density at radius 2 is 2.18 bits per heavy atom. The molecule has 0 aliphatic heterocycles. The lowest BCUT2D eigenvalue weighted by Crippen LogP contribution is -2.23. The Morgan fingerprint density at radius 1 is 1.43 bits per heavy atom. The van der Waals surface area contributed by atoms with Crippen molar-refractivity contribution in [3.8, 4) is 0 Å². The highest BCUT2D eigenvalue weighted by atomic mass is 35.5. The number of carbonyl (C=O) groups is 1. The summed E-state index contributed by atoms with van der Waals surface area (Å²) in [4.78, 5) is 11.9. The number of nitrogens with zero attached hydrogens (tertiary/aromatic N) is 4. The number of amides is 1. The molecule has 0 aromatic carbocycles. The maximum Gasteiger partial charge on any atom is 0.436 e. The number of hydrogen-bond donors (Lipinski definition) is 1. The highest BCUT2D eigenvalue weighted by molar-refractivity contribution is 6.32. The van der Waals surface area contributed by atoms with Crippen molar-refractivity contribution in [2.45, 2.75) is 51.4 Å². The quantitative estimate of drug-likeness (QED) is 0.526. The number of nitrogens with one attached hydrogen (secondary N) is 1. The van der Waals surface area contributed by atoms with Crippen LogP contribution in [0.2, 0.25) is 5.02 Å². The lowest BCUT2D eigenvalue weighted by molar-refractivity contribution is -0.141. The first kappa shape index (κ1) is 20.4. The minimum Gasteiger partial charge on any atom is -0.352 e. The van der Waals surface area contributed by atoms with Crippen molar-refractivity contribution in [3.05, 3.63) is 40.4 Å². The van der Waals surface area contributed by atoms with E-state index >= 15 is 0 Å². The Kier molecular flexibility index (Phi) is 6.12. The van der Waals surface area contributed by atoms with Crippen LogP contribution in [-0.4, -0.2) is 32.0 Å². The SMILES string of the molecule is CCn1cc(/C=C/C(=O)NCCCn2nc(C(F)(F)F)c(Cl)c2C2CC2)cn1.